The molecule has 0 aromatic carbocycles. The number of hydrogen-bond acceptors (Lipinski definition) is 5. The van der Waals surface area contributed by atoms with Crippen LogP contribution in [0.15, 0.2) is 34.9 Å². The standard InChI is InChI=1S/C15H17N5O2/c1-3-19(4-2)15(21)10-8-12(16)20-13(9-10)17-14(18-20)11-6-5-7-22-11/h5-9H,3-4,16H2,1-2H3. The van der Waals surface area contributed by atoms with E-state index in [9.17, 15) is 4.79 Å². The summed E-state index contributed by atoms with van der Waals surface area (Å²) in [6, 6.07) is 6.84. The summed E-state index contributed by atoms with van der Waals surface area (Å²) in [6.07, 6.45) is 1.56. The van der Waals surface area contributed by atoms with Crippen LogP contribution in [0.1, 0.15) is 24.2 Å². The number of amides is 1. The van der Waals surface area contributed by atoms with Crippen LogP contribution < -0.4 is 5.73 Å². The predicted molar refractivity (Wildman–Crippen MR) is 82.4 cm³/mol. The summed E-state index contributed by atoms with van der Waals surface area (Å²) in [4.78, 5) is 18.5. The first-order chi connectivity index (χ1) is 10.6. The molecule has 0 spiro atoms. The number of pyridine rings is 1. The molecule has 22 heavy (non-hydrogen) atoms. The molecule has 3 rings (SSSR count). The molecule has 7 heteroatoms. The Balaban J connectivity index is 2.06. The predicted octanol–water partition coefficient (Wildman–Crippen LogP) is 2.05. The van der Waals surface area contributed by atoms with Gasteiger partial charge in [0.05, 0.1) is 6.26 Å². The Morgan fingerprint density at radius 2 is 2.14 bits per heavy atom. The van der Waals surface area contributed by atoms with Gasteiger partial charge in [-0.05, 0) is 38.1 Å². The maximum Gasteiger partial charge on any atom is 0.254 e. The van der Waals surface area contributed by atoms with Gasteiger partial charge in [-0.3, -0.25) is 4.79 Å². The molecule has 0 radical (unpaired) electrons. The fourth-order valence-electron chi connectivity index (χ4n) is 2.34. The lowest BCUT2D eigenvalue weighted by Crippen LogP contribution is -2.30. The third-order valence-corrected chi connectivity index (χ3v) is 3.50. The Kier molecular flexibility index (Phi) is 3.54. The molecule has 0 aliphatic heterocycles. The summed E-state index contributed by atoms with van der Waals surface area (Å²) in [5.41, 5.74) is 7.03. The zero-order chi connectivity index (χ0) is 15.7. The number of furan rings is 1. The number of nitrogens with two attached hydrogens (primary N) is 1. The van der Waals surface area contributed by atoms with E-state index in [1.54, 1.807) is 35.4 Å². The van der Waals surface area contributed by atoms with Crippen molar-refractivity contribution in [1.29, 1.82) is 0 Å². The van der Waals surface area contributed by atoms with E-state index < -0.39 is 0 Å². The van der Waals surface area contributed by atoms with Gasteiger partial charge in [-0.15, -0.1) is 5.10 Å². The van der Waals surface area contributed by atoms with Crippen molar-refractivity contribution in [3.8, 4) is 11.6 Å². The Bertz CT molecular complexity index is 803. The molecular weight excluding hydrogens is 282 g/mol. The van der Waals surface area contributed by atoms with Gasteiger partial charge in [0.15, 0.2) is 11.4 Å². The second-order valence-electron chi connectivity index (χ2n) is 4.83. The highest BCUT2D eigenvalue weighted by Gasteiger charge is 2.17. The SMILES string of the molecule is CCN(CC)C(=O)c1cc(N)n2nc(-c3ccco3)nc2c1. The molecule has 0 bridgehead atoms. The molecule has 0 saturated heterocycles. The molecule has 1 amide bonds. The van der Waals surface area contributed by atoms with Gasteiger partial charge in [0.25, 0.3) is 5.91 Å². The number of hydrogen-bond donors (Lipinski definition) is 1. The number of fused-ring (bicyclic) bond motifs is 1. The van der Waals surface area contributed by atoms with Gasteiger partial charge in [0.1, 0.15) is 5.82 Å². The summed E-state index contributed by atoms with van der Waals surface area (Å²) in [6.45, 7) is 5.17. The van der Waals surface area contributed by atoms with Crippen LogP contribution in [0.2, 0.25) is 0 Å². The maximum atomic E-state index is 12.4. The van der Waals surface area contributed by atoms with Gasteiger partial charge in [-0.1, -0.05) is 0 Å². The van der Waals surface area contributed by atoms with Crippen LogP contribution in [0, 0.1) is 0 Å². The Labute approximate surface area is 127 Å². The van der Waals surface area contributed by atoms with Crippen LogP contribution in [0.25, 0.3) is 17.2 Å². The molecule has 2 N–H and O–H groups in total. The van der Waals surface area contributed by atoms with Crippen molar-refractivity contribution < 1.29 is 9.21 Å². The number of carbonyl (C=O) groups excluding carboxylic acids is 1. The summed E-state index contributed by atoms with van der Waals surface area (Å²) in [5, 5.41) is 4.30. The van der Waals surface area contributed by atoms with E-state index in [-0.39, 0.29) is 5.91 Å². The number of anilines is 1. The molecule has 114 valence electrons. The van der Waals surface area contributed by atoms with Gasteiger partial charge >= 0.3 is 0 Å². The lowest BCUT2D eigenvalue weighted by molar-refractivity contribution is 0.0773. The second-order valence-corrected chi connectivity index (χ2v) is 4.83. The second kappa shape index (κ2) is 5.51. The Morgan fingerprint density at radius 3 is 2.77 bits per heavy atom. The Morgan fingerprint density at radius 1 is 1.36 bits per heavy atom. The molecule has 0 aliphatic carbocycles. The zero-order valence-corrected chi connectivity index (χ0v) is 12.5. The minimum Gasteiger partial charge on any atom is -0.461 e. The fraction of sp³-hybridized carbons (Fsp3) is 0.267. The summed E-state index contributed by atoms with van der Waals surface area (Å²) in [5.74, 6) is 1.28. The molecule has 0 atom stereocenters. The molecule has 0 saturated carbocycles. The smallest absolute Gasteiger partial charge is 0.254 e. The summed E-state index contributed by atoms with van der Waals surface area (Å²) >= 11 is 0. The molecule has 0 aliphatic rings. The van der Waals surface area contributed by atoms with Crippen LogP contribution in [0.4, 0.5) is 5.82 Å². The lowest BCUT2D eigenvalue weighted by Gasteiger charge is -2.18. The minimum atomic E-state index is -0.0678. The minimum absolute atomic E-state index is 0.0678. The first-order valence-corrected chi connectivity index (χ1v) is 7.13. The first kappa shape index (κ1) is 14.1. The van der Waals surface area contributed by atoms with E-state index in [0.717, 1.165) is 0 Å². The van der Waals surface area contributed by atoms with E-state index in [1.807, 2.05) is 13.8 Å². The Hall–Kier alpha value is -2.83. The number of nitrogen functional groups attached to an aromatic ring is 1. The van der Waals surface area contributed by atoms with Gasteiger partial charge < -0.3 is 15.1 Å². The number of rotatable bonds is 4. The summed E-state index contributed by atoms with van der Waals surface area (Å²) < 4.78 is 6.78. The molecule has 3 aromatic heterocycles. The van der Waals surface area contributed by atoms with Crippen molar-refractivity contribution in [2.45, 2.75) is 13.8 Å². The van der Waals surface area contributed by atoms with Crippen molar-refractivity contribution in [2.75, 3.05) is 18.8 Å². The van der Waals surface area contributed by atoms with E-state index in [1.165, 1.54) is 4.52 Å². The van der Waals surface area contributed by atoms with Crippen molar-refractivity contribution >= 4 is 17.4 Å². The van der Waals surface area contributed by atoms with Crippen LogP contribution >= 0.6 is 0 Å². The van der Waals surface area contributed by atoms with Crippen molar-refractivity contribution in [3.05, 3.63) is 36.1 Å². The average Bonchev–Trinajstić information content (AvgIpc) is 3.17. The highest BCUT2D eigenvalue weighted by molar-refractivity contribution is 5.96. The third-order valence-electron chi connectivity index (χ3n) is 3.50. The van der Waals surface area contributed by atoms with Crippen LogP contribution in [0.5, 0.6) is 0 Å². The van der Waals surface area contributed by atoms with Crippen LogP contribution in [-0.4, -0.2) is 38.5 Å². The molecule has 3 heterocycles. The summed E-state index contributed by atoms with van der Waals surface area (Å²) in [7, 11) is 0. The van der Waals surface area contributed by atoms with E-state index in [2.05, 4.69) is 10.1 Å². The van der Waals surface area contributed by atoms with Crippen molar-refractivity contribution in [3.63, 3.8) is 0 Å². The zero-order valence-electron chi connectivity index (χ0n) is 12.5. The number of aromatic nitrogens is 3. The van der Waals surface area contributed by atoms with E-state index in [0.29, 0.717) is 41.7 Å². The number of nitrogens with zero attached hydrogens (tertiary/aromatic N) is 4. The monoisotopic (exact) mass is 299 g/mol. The highest BCUT2D eigenvalue weighted by atomic mass is 16.3. The lowest BCUT2D eigenvalue weighted by atomic mass is 10.2. The van der Waals surface area contributed by atoms with E-state index in [4.69, 9.17) is 10.2 Å². The number of carbonyl (C=O) groups is 1. The van der Waals surface area contributed by atoms with Gasteiger partial charge in [0.2, 0.25) is 5.82 Å². The van der Waals surface area contributed by atoms with Crippen molar-refractivity contribution in [1.82, 2.24) is 19.5 Å². The third kappa shape index (κ3) is 2.30. The van der Waals surface area contributed by atoms with Gasteiger partial charge in [-0.25, -0.2) is 4.98 Å². The van der Waals surface area contributed by atoms with Gasteiger partial charge in [0, 0.05) is 18.7 Å². The molecule has 0 fully saturated rings. The quantitative estimate of drug-likeness (QED) is 0.796. The van der Waals surface area contributed by atoms with Crippen molar-refractivity contribution in [2.24, 2.45) is 0 Å². The molecule has 0 unspecified atom stereocenters. The first-order valence-electron chi connectivity index (χ1n) is 7.13. The van der Waals surface area contributed by atoms with Gasteiger partial charge in [-0.2, -0.15) is 4.52 Å². The highest BCUT2D eigenvalue weighted by Crippen LogP contribution is 2.20. The van der Waals surface area contributed by atoms with E-state index >= 15 is 0 Å². The molecular formula is C15H17N5O2. The fourth-order valence-corrected chi connectivity index (χ4v) is 2.34. The topological polar surface area (TPSA) is 89.7 Å². The maximum absolute atomic E-state index is 12.4. The van der Waals surface area contributed by atoms with Crippen LogP contribution in [-0.2, 0) is 0 Å². The normalized spacial score (nSPS) is 11.0. The molecule has 3 aromatic rings. The van der Waals surface area contributed by atoms with Crippen LogP contribution in [0.3, 0.4) is 0 Å². The largest absolute Gasteiger partial charge is 0.461 e. The average molecular weight is 299 g/mol. The molecule has 7 nitrogen and oxygen atoms in total.